The maximum absolute atomic E-state index is 14.0. The number of esters is 1. The largest absolute Gasteiger partial charge is 0.466 e. The summed E-state index contributed by atoms with van der Waals surface area (Å²) >= 11 is 0. The van der Waals surface area contributed by atoms with Crippen LogP contribution >= 0.6 is 0 Å². The SMILES string of the molecule is CCOC(=O)CCc1ncc2c(=O)[nH]c3cc(C(F)(F)CC)ccc3n12. The van der Waals surface area contributed by atoms with E-state index in [4.69, 9.17) is 4.74 Å². The lowest BCUT2D eigenvalue weighted by molar-refractivity contribution is -0.143. The van der Waals surface area contributed by atoms with Crippen molar-refractivity contribution in [2.45, 2.75) is 39.0 Å². The predicted molar refractivity (Wildman–Crippen MR) is 92.5 cm³/mol. The fourth-order valence-corrected chi connectivity index (χ4v) is 2.89. The molecular formula is C18H19F2N3O3. The number of hydrogen-bond acceptors (Lipinski definition) is 4. The first kappa shape index (κ1) is 18.0. The quantitative estimate of drug-likeness (QED) is 0.683. The minimum atomic E-state index is -2.97. The van der Waals surface area contributed by atoms with E-state index in [2.05, 4.69) is 9.97 Å². The van der Waals surface area contributed by atoms with E-state index in [0.29, 0.717) is 22.4 Å². The van der Waals surface area contributed by atoms with Crippen LogP contribution in [0.4, 0.5) is 8.78 Å². The van der Waals surface area contributed by atoms with Gasteiger partial charge in [-0.3, -0.25) is 14.0 Å². The summed E-state index contributed by atoms with van der Waals surface area (Å²) in [5.41, 5.74) is 0.557. The Bertz CT molecular complexity index is 1020. The van der Waals surface area contributed by atoms with Gasteiger partial charge in [0.25, 0.3) is 11.5 Å². The molecule has 3 aromatic rings. The number of fused-ring (bicyclic) bond motifs is 3. The molecule has 0 atom stereocenters. The highest BCUT2D eigenvalue weighted by atomic mass is 19.3. The molecule has 0 saturated heterocycles. The van der Waals surface area contributed by atoms with Gasteiger partial charge in [0.05, 0.1) is 30.3 Å². The molecule has 8 heteroatoms. The standard InChI is InChI=1S/C18H19F2N3O3/c1-3-18(19,20)11-5-6-13-12(9-11)22-17(25)14-10-21-15(23(13)14)7-8-16(24)26-4-2/h5-6,9-10H,3-4,7-8H2,1-2H3,(H,22,25). The van der Waals surface area contributed by atoms with E-state index in [9.17, 15) is 18.4 Å². The van der Waals surface area contributed by atoms with Crippen molar-refractivity contribution in [2.24, 2.45) is 0 Å². The molecule has 6 nitrogen and oxygen atoms in total. The molecule has 1 aromatic carbocycles. The van der Waals surface area contributed by atoms with Crippen molar-refractivity contribution in [2.75, 3.05) is 6.61 Å². The van der Waals surface area contributed by atoms with Crippen molar-refractivity contribution in [3.8, 4) is 0 Å². The third kappa shape index (κ3) is 3.18. The molecule has 2 heterocycles. The first-order valence-corrected chi connectivity index (χ1v) is 8.43. The second kappa shape index (κ2) is 6.86. The van der Waals surface area contributed by atoms with E-state index in [0.717, 1.165) is 0 Å². The average Bonchev–Trinajstić information content (AvgIpc) is 3.05. The van der Waals surface area contributed by atoms with Crippen LogP contribution in [0, 0.1) is 0 Å². The molecule has 0 aliphatic carbocycles. The minimum Gasteiger partial charge on any atom is -0.466 e. The summed E-state index contributed by atoms with van der Waals surface area (Å²) in [6.45, 7) is 3.41. The van der Waals surface area contributed by atoms with Crippen LogP contribution in [0.1, 0.15) is 38.1 Å². The van der Waals surface area contributed by atoms with Crippen molar-refractivity contribution in [1.29, 1.82) is 0 Å². The number of H-pyrrole nitrogens is 1. The molecule has 0 saturated carbocycles. The van der Waals surface area contributed by atoms with Crippen molar-refractivity contribution >= 4 is 22.5 Å². The summed E-state index contributed by atoms with van der Waals surface area (Å²) in [7, 11) is 0. The Morgan fingerprint density at radius 3 is 2.77 bits per heavy atom. The third-order valence-electron chi connectivity index (χ3n) is 4.28. The Balaban J connectivity index is 2.10. The van der Waals surface area contributed by atoms with Gasteiger partial charge in [-0.2, -0.15) is 0 Å². The first-order chi connectivity index (χ1) is 12.4. The summed E-state index contributed by atoms with van der Waals surface area (Å²) in [5, 5.41) is 0. The van der Waals surface area contributed by atoms with E-state index in [1.54, 1.807) is 11.3 Å². The van der Waals surface area contributed by atoms with Crippen LogP contribution in [0.5, 0.6) is 0 Å². The molecule has 0 spiro atoms. The molecule has 2 aromatic heterocycles. The number of benzene rings is 1. The number of aryl methyl sites for hydroxylation is 1. The third-order valence-corrected chi connectivity index (χ3v) is 4.28. The molecule has 0 radical (unpaired) electrons. The van der Waals surface area contributed by atoms with Gasteiger partial charge >= 0.3 is 5.97 Å². The lowest BCUT2D eigenvalue weighted by atomic mass is 10.1. The lowest BCUT2D eigenvalue weighted by Crippen LogP contribution is -2.15. The van der Waals surface area contributed by atoms with E-state index in [-0.39, 0.29) is 37.4 Å². The maximum Gasteiger partial charge on any atom is 0.306 e. The zero-order valence-electron chi connectivity index (χ0n) is 14.5. The number of ether oxygens (including phenoxy) is 1. The van der Waals surface area contributed by atoms with E-state index < -0.39 is 11.5 Å². The highest BCUT2D eigenvalue weighted by Gasteiger charge is 2.29. The van der Waals surface area contributed by atoms with Crippen molar-refractivity contribution in [3.63, 3.8) is 0 Å². The van der Waals surface area contributed by atoms with Gasteiger partial charge in [0.1, 0.15) is 11.3 Å². The van der Waals surface area contributed by atoms with Crippen molar-refractivity contribution in [1.82, 2.24) is 14.4 Å². The monoisotopic (exact) mass is 363 g/mol. The van der Waals surface area contributed by atoms with Crippen LogP contribution < -0.4 is 5.56 Å². The normalized spacial score (nSPS) is 12.0. The summed E-state index contributed by atoms with van der Waals surface area (Å²) in [4.78, 5) is 30.7. The summed E-state index contributed by atoms with van der Waals surface area (Å²) in [6, 6.07) is 4.17. The Labute approximate surface area is 147 Å². The highest BCUT2D eigenvalue weighted by molar-refractivity contribution is 5.79. The van der Waals surface area contributed by atoms with E-state index >= 15 is 0 Å². The average molecular weight is 363 g/mol. The molecule has 0 unspecified atom stereocenters. The van der Waals surface area contributed by atoms with Gasteiger partial charge in [-0.05, 0) is 19.1 Å². The number of carbonyl (C=O) groups excluding carboxylic acids is 1. The van der Waals surface area contributed by atoms with Crippen LogP contribution in [0.2, 0.25) is 0 Å². The Morgan fingerprint density at radius 1 is 1.31 bits per heavy atom. The predicted octanol–water partition coefficient (Wildman–Crippen LogP) is 3.17. The van der Waals surface area contributed by atoms with Crippen LogP contribution in [-0.2, 0) is 21.9 Å². The number of carbonyl (C=O) groups is 1. The fourth-order valence-electron chi connectivity index (χ4n) is 2.89. The Kier molecular flexibility index (Phi) is 4.76. The highest BCUT2D eigenvalue weighted by Crippen LogP contribution is 2.32. The number of aromatic nitrogens is 3. The fraction of sp³-hybridized carbons (Fsp3) is 0.389. The number of halogens is 2. The number of aromatic amines is 1. The molecule has 138 valence electrons. The zero-order valence-corrected chi connectivity index (χ0v) is 14.5. The van der Waals surface area contributed by atoms with Gasteiger partial charge < -0.3 is 9.72 Å². The van der Waals surface area contributed by atoms with Gasteiger partial charge in [-0.25, -0.2) is 13.8 Å². The molecule has 0 aliphatic rings. The number of nitrogens with one attached hydrogen (secondary N) is 1. The lowest BCUT2D eigenvalue weighted by Gasteiger charge is -2.15. The van der Waals surface area contributed by atoms with Gasteiger partial charge in [0.2, 0.25) is 0 Å². The van der Waals surface area contributed by atoms with Gasteiger partial charge in [-0.15, -0.1) is 0 Å². The van der Waals surface area contributed by atoms with E-state index in [1.165, 1.54) is 31.3 Å². The van der Waals surface area contributed by atoms with Gasteiger partial charge in [0, 0.05) is 18.4 Å². The molecule has 3 rings (SSSR count). The molecule has 26 heavy (non-hydrogen) atoms. The van der Waals surface area contributed by atoms with Crippen molar-refractivity contribution in [3.05, 3.63) is 46.1 Å². The number of rotatable bonds is 6. The molecule has 0 aliphatic heterocycles. The minimum absolute atomic E-state index is 0.118. The number of alkyl halides is 2. The summed E-state index contributed by atoms with van der Waals surface area (Å²) in [6.07, 6.45) is 1.47. The van der Waals surface area contributed by atoms with Gasteiger partial charge in [0.15, 0.2) is 0 Å². The summed E-state index contributed by atoms with van der Waals surface area (Å²) in [5.74, 6) is -2.83. The molecule has 1 N–H and O–H groups in total. The topological polar surface area (TPSA) is 76.5 Å². The maximum atomic E-state index is 14.0. The van der Waals surface area contributed by atoms with Crippen LogP contribution in [0.3, 0.4) is 0 Å². The first-order valence-electron chi connectivity index (χ1n) is 8.43. The molecule has 0 bridgehead atoms. The van der Waals surface area contributed by atoms with Crippen LogP contribution in [0.15, 0.2) is 29.2 Å². The molecular weight excluding hydrogens is 344 g/mol. The second-order valence-corrected chi connectivity index (χ2v) is 5.94. The number of imidazole rings is 1. The second-order valence-electron chi connectivity index (χ2n) is 5.94. The number of nitrogens with zero attached hydrogens (tertiary/aromatic N) is 2. The van der Waals surface area contributed by atoms with Crippen molar-refractivity contribution < 1.29 is 18.3 Å². The van der Waals surface area contributed by atoms with Crippen LogP contribution in [0.25, 0.3) is 16.6 Å². The smallest absolute Gasteiger partial charge is 0.306 e. The molecule has 0 fully saturated rings. The zero-order chi connectivity index (χ0) is 18.9. The molecule has 0 amide bonds. The summed E-state index contributed by atoms with van der Waals surface area (Å²) < 4.78 is 34.4. The van der Waals surface area contributed by atoms with E-state index in [1.807, 2.05) is 0 Å². The van der Waals surface area contributed by atoms with Gasteiger partial charge in [-0.1, -0.05) is 13.0 Å². The Morgan fingerprint density at radius 2 is 2.08 bits per heavy atom. The Hall–Kier alpha value is -2.77. The number of hydrogen-bond donors (Lipinski definition) is 1. The van der Waals surface area contributed by atoms with Crippen LogP contribution in [-0.4, -0.2) is 26.9 Å².